The molecule has 304 valence electrons. The second-order valence-corrected chi connectivity index (χ2v) is 19.5. The first-order valence-electron chi connectivity index (χ1n) is 22.1. The molecule has 2 aliphatic heterocycles. The summed E-state index contributed by atoms with van der Waals surface area (Å²) in [5.41, 5.74) is 23.3. The van der Waals surface area contributed by atoms with Gasteiger partial charge >= 0.3 is 0 Å². The van der Waals surface area contributed by atoms with Gasteiger partial charge in [-0.1, -0.05) is 125 Å². The topological polar surface area (TPSA) is 13.0 Å². The van der Waals surface area contributed by atoms with Gasteiger partial charge in [-0.2, -0.15) is 0 Å². The van der Waals surface area contributed by atoms with Crippen LogP contribution in [0.1, 0.15) is 84.3 Å². The number of rotatable bonds is 4. The molecule has 62 heavy (non-hydrogen) atoms. The second kappa shape index (κ2) is 13.0. The van der Waals surface area contributed by atoms with Gasteiger partial charge in [0.15, 0.2) is 0 Å². The average molecular weight is 805 g/mol. The van der Waals surface area contributed by atoms with E-state index in [-0.39, 0.29) is 22.9 Å². The molecular formula is C58H52N4. The summed E-state index contributed by atoms with van der Waals surface area (Å²) in [5, 5.41) is 2.44. The average Bonchev–Trinajstić information content (AvgIpc) is 3.78. The lowest BCUT2D eigenvalue weighted by Crippen LogP contribution is -2.31. The molecule has 0 saturated carbocycles. The smallest absolute Gasteiger partial charge is 0.0609 e. The number of fused-ring (bicyclic) bond motifs is 11. The van der Waals surface area contributed by atoms with Crippen molar-refractivity contribution < 1.29 is 0 Å². The van der Waals surface area contributed by atoms with Crippen LogP contribution >= 0.6 is 0 Å². The normalized spacial score (nSPS) is 18.2. The lowest BCUT2D eigenvalue weighted by atomic mass is 9.72. The van der Waals surface area contributed by atoms with Crippen LogP contribution in [0.4, 0.5) is 34.1 Å². The monoisotopic (exact) mass is 804 g/mol. The molecule has 2 aliphatic carbocycles. The molecule has 0 amide bonds. The number of anilines is 6. The highest BCUT2D eigenvalue weighted by Gasteiger charge is 2.42. The Morgan fingerprint density at radius 2 is 0.742 bits per heavy atom. The number of benzene rings is 8. The van der Waals surface area contributed by atoms with Gasteiger partial charge in [0.2, 0.25) is 0 Å². The van der Waals surface area contributed by atoms with E-state index in [0.29, 0.717) is 0 Å². The van der Waals surface area contributed by atoms with Crippen LogP contribution in [0, 0.1) is 0 Å². The molecule has 12 rings (SSSR count). The zero-order valence-electron chi connectivity index (χ0n) is 37.0. The first kappa shape index (κ1) is 37.3. The van der Waals surface area contributed by atoms with Crippen LogP contribution in [0.3, 0.4) is 0 Å². The Morgan fingerprint density at radius 3 is 1.16 bits per heavy atom. The lowest BCUT2D eigenvalue weighted by molar-refractivity contribution is 0.347. The molecule has 4 aliphatic rings. The van der Waals surface area contributed by atoms with E-state index in [1.807, 2.05) is 0 Å². The van der Waals surface area contributed by atoms with Gasteiger partial charge in [0.25, 0.3) is 0 Å². The molecule has 0 fully saturated rings. The number of hydrogen-bond acceptors (Lipinski definition) is 4. The maximum atomic E-state index is 2.53. The molecule has 0 spiro atoms. The van der Waals surface area contributed by atoms with Crippen LogP contribution in [0.5, 0.6) is 0 Å². The first-order chi connectivity index (χ1) is 29.9. The third-order valence-corrected chi connectivity index (χ3v) is 14.8. The molecule has 0 N–H and O–H groups in total. The standard InChI is InChI=1S/C58H52N4/c1-57(2)47-21-13-15-23-51(47)61(53-33-45-43(31-49(53)57)39-17-9-11-19-41(39)55(45)59(5)6)37-27-25-36-30-38(28-26-35(36)29-37)62-52-24-16-14-22-48(52)58(3,4)50-32-44-40-18-10-12-20-42(40)56(60(7)8)46(44)34-54(50)62/h9-34,55-56H,1-8H3. The Hall–Kier alpha value is -6.46. The quantitative estimate of drug-likeness (QED) is 0.176. The van der Waals surface area contributed by atoms with Crippen LogP contribution in [0.25, 0.3) is 33.0 Å². The van der Waals surface area contributed by atoms with Gasteiger partial charge in [-0.25, -0.2) is 0 Å². The highest BCUT2D eigenvalue weighted by atomic mass is 15.2. The minimum absolute atomic E-state index is 0.181. The molecule has 8 aromatic rings. The molecular weight excluding hydrogens is 753 g/mol. The predicted octanol–water partition coefficient (Wildman–Crippen LogP) is 14.3. The van der Waals surface area contributed by atoms with Gasteiger partial charge in [0.05, 0.1) is 34.8 Å². The maximum Gasteiger partial charge on any atom is 0.0609 e. The molecule has 0 saturated heterocycles. The van der Waals surface area contributed by atoms with Crippen molar-refractivity contribution in [3.63, 3.8) is 0 Å². The summed E-state index contributed by atoms with van der Waals surface area (Å²) in [5.74, 6) is 0. The van der Waals surface area contributed by atoms with E-state index >= 15 is 0 Å². The van der Waals surface area contributed by atoms with Crippen molar-refractivity contribution in [1.29, 1.82) is 0 Å². The van der Waals surface area contributed by atoms with Crippen LogP contribution < -0.4 is 9.80 Å². The van der Waals surface area contributed by atoms with Crippen LogP contribution in [0.2, 0.25) is 0 Å². The molecule has 4 nitrogen and oxygen atoms in total. The molecule has 0 radical (unpaired) electrons. The van der Waals surface area contributed by atoms with E-state index in [2.05, 4.69) is 233 Å². The van der Waals surface area contributed by atoms with Crippen molar-refractivity contribution in [3.8, 4) is 22.3 Å². The van der Waals surface area contributed by atoms with Gasteiger partial charge < -0.3 is 9.80 Å². The summed E-state index contributed by atoms with van der Waals surface area (Å²) in [6, 6.07) is 60.6. The Labute approximate surface area is 366 Å². The number of hydrogen-bond donors (Lipinski definition) is 0. The largest absolute Gasteiger partial charge is 0.310 e. The minimum atomic E-state index is -0.181. The summed E-state index contributed by atoms with van der Waals surface area (Å²) >= 11 is 0. The van der Waals surface area contributed by atoms with Crippen molar-refractivity contribution in [3.05, 3.63) is 202 Å². The molecule has 2 atom stereocenters. The van der Waals surface area contributed by atoms with Crippen molar-refractivity contribution in [2.45, 2.75) is 50.6 Å². The molecule has 2 heterocycles. The van der Waals surface area contributed by atoms with Crippen molar-refractivity contribution in [1.82, 2.24) is 9.80 Å². The summed E-state index contributed by atoms with van der Waals surface area (Å²) in [6.45, 7) is 9.58. The zero-order chi connectivity index (χ0) is 42.4. The summed E-state index contributed by atoms with van der Waals surface area (Å²) in [6.07, 6.45) is 0. The maximum absolute atomic E-state index is 2.53. The van der Waals surface area contributed by atoms with Crippen LogP contribution in [-0.2, 0) is 10.8 Å². The van der Waals surface area contributed by atoms with Crippen molar-refractivity contribution in [2.75, 3.05) is 38.0 Å². The third kappa shape index (κ3) is 5.02. The van der Waals surface area contributed by atoms with E-state index < -0.39 is 0 Å². The van der Waals surface area contributed by atoms with Crippen LogP contribution in [0.15, 0.2) is 158 Å². The fraction of sp³-hybridized carbons (Fsp3) is 0.207. The van der Waals surface area contributed by atoms with E-state index in [4.69, 9.17) is 0 Å². The summed E-state index contributed by atoms with van der Waals surface area (Å²) < 4.78 is 0. The molecule has 0 aromatic heterocycles. The summed E-state index contributed by atoms with van der Waals surface area (Å²) in [7, 11) is 8.83. The van der Waals surface area contributed by atoms with Gasteiger partial charge in [0, 0.05) is 22.2 Å². The molecule has 0 bridgehead atoms. The molecule has 8 aromatic carbocycles. The van der Waals surface area contributed by atoms with Gasteiger partial charge in [0.1, 0.15) is 0 Å². The minimum Gasteiger partial charge on any atom is -0.310 e. The Morgan fingerprint density at radius 1 is 0.355 bits per heavy atom. The van der Waals surface area contributed by atoms with Gasteiger partial charge in [-0.05, 0) is 166 Å². The molecule has 2 unspecified atom stereocenters. The van der Waals surface area contributed by atoms with Crippen molar-refractivity contribution >= 4 is 44.9 Å². The van der Waals surface area contributed by atoms with Crippen LogP contribution in [-0.4, -0.2) is 38.0 Å². The van der Waals surface area contributed by atoms with E-state index in [0.717, 1.165) is 0 Å². The van der Waals surface area contributed by atoms with Gasteiger partial charge in [-0.3, -0.25) is 9.80 Å². The third-order valence-electron chi connectivity index (χ3n) is 14.8. The summed E-state index contributed by atoms with van der Waals surface area (Å²) in [4.78, 5) is 9.78. The van der Waals surface area contributed by atoms with E-state index in [1.165, 1.54) is 112 Å². The fourth-order valence-corrected chi connectivity index (χ4v) is 11.9. The molecule has 4 heteroatoms. The second-order valence-electron chi connectivity index (χ2n) is 19.5. The van der Waals surface area contributed by atoms with E-state index in [9.17, 15) is 0 Å². The Kier molecular flexibility index (Phi) is 7.84. The SMILES string of the molecule is CN(C)C1c2ccccc2-c2cc3c(cc21)N(c1ccc2cc(N4c5ccccc5C(C)(C)c5cc6c(cc54)C(N(C)C)c4ccccc4-6)ccc2c1)c1ccccc1C3(C)C. The Balaban J connectivity index is 1.01. The van der Waals surface area contributed by atoms with Gasteiger partial charge in [-0.15, -0.1) is 0 Å². The zero-order valence-corrected chi connectivity index (χ0v) is 37.0. The first-order valence-corrected chi connectivity index (χ1v) is 22.1. The number of nitrogens with zero attached hydrogens (tertiary/aromatic N) is 4. The lowest BCUT2D eigenvalue weighted by Gasteiger charge is -2.43. The highest BCUT2D eigenvalue weighted by Crippen LogP contribution is 2.59. The van der Waals surface area contributed by atoms with E-state index in [1.54, 1.807) is 0 Å². The fourth-order valence-electron chi connectivity index (χ4n) is 11.9. The Bertz CT molecular complexity index is 2970. The highest BCUT2D eigenvalue weighted by molar-refractivity contribution is 5.98. The predicted molar refractivity (Wildman–Crippen MR) is 260 cm³/mol. The van der Waals surface area contributed by atoms with Crippen molar-refractivity contribution in [2.24, 2.45) is 0 Å². The number of para-hydroxylation sites is 2.